The fraction of sp³-hybridized carbons (Fsp3) is 0.316. The average Bonchev–Trinajstić information content (AvgIpc) is 3.19. The lowest BCUT2D eigenvalue weighted by atomic mass is 10.1. The van der Waals surface area contributed by atoms with Crippen molar-refractivity contribution in [2.45, 2.75) is 26.6 Å². The molecule has 0 aliphatic carbocycles. The Labute approximate surface area is 155 Å². The summed E-state index contributed by atoms with van der Waals surface area (Å²) < 4.78 is 0.653. The van der Waals surface area contributed by atoms with Gasteiger partial charge >= 0.3 is 0 Å². The van der Waals surface area contributed by atoms with Crippen LogP contribution in [0.1, 0.15) is 22.5 Å². The first-order valence-corrected chi connectivity index (χ1v) is 9.39. The van der Waals surface area contributed by atoms with E-state index in [0.717, 1.165) is 11.1 Å². The topological polar surface area (TPSA) is 69.3 Å². The van der Waals surface area contributed by atoms with Gasteiger partial charge in [-0.3, -0.25) is 14.5 Å². The zero-order chi connectivity index (χ0) is 18.3. The van der Waals surface area contributed by atoms with E-state index in [2.05, 4.69) is 22.1 Å². The van der Waals surface area contributed by atoms with Gasteiger partial charge in [-0.05, 0) is 36.0 Å². The molecule has 0 bridgehead atoms. The maximum atomic E-state index is 12.6. The smallest absolute Gasteiger partial charge is 0.268 e. The van der Waals surface area contributed by atoms with Gasteiger partial charge in [0.05, 0.1) is 18.6 Å². The maximum absolute atomic E-state index is 12.6. The van der Waals surface area contributed by atoms with Gasteiger partial charge in [0.15, 0.2) is 0 Å². The van der Waals surface area contributed by atoms with Gasteiger partial charge in [0.1, 0.15) is 10.5 Å². The first-order valence-electron chi connectivity index (χ1n) is 8.51. The molecule has 4 rings (SSSR count). The van der Waals surface area contributed by atoms with E-state index in [1.165, 1.54) is 22.5 Å². The molecule has 0 saturated carbocycles. The zero-order valence-corrected chi connectivity index (χ0v) is 15.6. The summed E-state index contributed by atoms with van der Waals surface area (Å²) in [6.45, 7) is 3.99. The number of aromatic nitrogens is 2. The average molecular weight is 368 g/mol. The lowest BCUT2D eigenvalue weighted by molar-refractivity contribution is -0.132. The first-order chi connectivity index (χ1) is 12.5. The number of hydrogen-bond donors (Lipinski definition) is 1. The quantitative estimate of drug-likeness (QED) is 0.767. The van der Waals surface area contributed by atoms with Crippen molar-refractivity contribution in [3.63, 3.8) is 0 Å². The zero-order valence-electron chi connectivity index (χ0n) is 14.8. The van der Waals surface area contributed by atoms with Crippen LogP contribution in [0.4, 0.5) is 0 Å². The molecule has 26 heavy (non-hydrogen) atoms. The lowest BCUT2D eigenvalue weighted by Crippen LogP contribution is -2.36. The summed E-state index contributed by atoms with van der Waals surface area (Å²) in [5.41, 5.74) is 4.08. The SMILES string of the molecule is Cc1csc2c(=O)[nH]c(CN(C)CC(=O)N3Cc4ccccc4C3)nc12. The molecule has 0 unspecified atom stereocenters. The number of hydrogen-bond acceptors (Lipinski definition) is 5. The summed E-state index contributed by atoms with van der Waals surface area (Å²) in [4.78, 5) is 35.9. The Hall–Kier alpha value is -2.51. The lowest BCUT2D eigenvalue weighted by Gasteiger charge is -2.20. The Morgan fingerprint density at radius 1 is 1.31 bits per heavy atom. The van der Waals surface area contributed by atoms with Gasteiger partial charge in [0, 0.05) is 13.1 Å². The van der Waals surface area contributed by atoms with E-state index in [9.17, 15) is 9.59 Å². The van der Waals surface area contributed by atoms with Gasteiger partial charge in [-0.15, -0.1) is 11.3 Å². The van der Waals surface area contributed by atoms with Crippen molar-refractivity contribution in [3.8, 4) is 0 Å². The van der Waals surface area contributed by atoms with Gasteiger partial charge < -0.3 is 9.88 Å². The predicted molar refractivity (Wildman–Crippen MR) is 102 cm³/mol. The Balaban J connectivity index is 1.43. The molecule has 1 aliphatic rings. The molecule has 1 N–H and O–H groups in total. The summed E-state index contributed by atoms with van der Waals surface area (Å²) in [5.74, 6) is 0.669. The number of rotatable bonds is 4. The highest BCUT2D eigenvalue weighted by atomic mass is 32.1. The number of nitrogens with one attached hydrogen (secondary N) is 1. The van der Waals surface area contributed by atoms with Crippen LogP contribution < -0.4 is 5.56 Å². The minimum absolute atomic E-state index is 0.0823. The Morgan fingerprint density at radius 3 is 2.69 bits per heavy atom. The Kier molecular flexibility index (Phi) is 4.34. The molecule has 0 radical (unpaired) electrons. The summed E-state index contributed by atoms with van der Waals surface area (Å²) in [6, 6.07) is 8.14. The van der Waals surface area contributed by atoms with Gasteiger partial charge in [-0.25, -0.2) is 4.98 Å². The van der Waals surface area contributed by atoms with Crippen molar-refractivity contribution in [2.24, 2.45) is 0 Å². The fourth-order valence-corrected chi connectivity index (χ4v) is 4.20. The van der Waals surface area contributed by atoms with Crippen LogP contribution in [0, 0.1) is 6.92 Å². The minimum atomic E-state index is -0.113. The number of likely N-dealkylation sites (N-methyl/N-ethyl adjacent to an activating group) is 1. The highest BCUT2D eigenvalue weighted by molar-refractivity contribution is 7.17. The van der Waals surface area contributed by atoms with Crippen LogP contribution >= 0.6 is 11.3 Å². The van der Waals surface area contributed by atoms with Crippen LogP contribution in [0.2, 0.25) is 0 Å². The number of fused-ring (bicyclic) bond motifs is 2. The second kappa shape index (κ2) is 6.66. The van der Waals surface area contributed by atoms with Gasteiger partial charge in [-0.2, -0.15) is 0 Å². The second-order valence-electron chi connectivity index (χ2n) is 6.80. The van der Waals surface area contributed by atoms with E-state index in [1.807, 2.05) is 41.3 Å². The monoisotopic (exact) mass is 368 g/mol. The van der Waals surface area contributed by atoms with E-state index in [0.29, 0.717) is 36.7 Å². The molecular formula is C19H20N4O2S. The third-order valence-corrected chi connectivity index (χ3v) is 5.76. The van der Waals surface area contributed by atoms with Gasteiger partial charge in [0.25, 0.3) is 5.56 Å². The van der Waals surface area contributed by atoms with E-state index >= 15 is 0 Å². The van der Waals surface area contributed by atoms with E-state index in [-0.39, 0.29) is 11.5 Å². The summed E-state index contributed by atoms with van der Waals surface area (Å²) in [5, 5.41) is 1.94. The number of carbonyl (C=O) groups is 1. The number of benzene rings is 1. The van der Waals surface area contributed by atoms with Crippen LogP contribution in [-0.4, -0.2) is 39.3 Å². The van der Waals surface area contributed by atoms with Crippen molar-refractivity contribution in [3.05, 3.63) is 62.5 Å². The van der Waals surface area contributed by atoms with Crippen LogP contribution in [-0.2, 0) is 24.4 Å². The third kappa shape index (κ3) is 3.15. The molecule has 3 aromatic rings. The van der Waals surface area contributed by atoms with E-state index in [1.54, 1.807) is 0 Å². The normalized spacial score (nSPS) is 13.6. The number of thiophene rings is 1. The van der Waals surface area contributed by atoms with Gasteiger partial charge in [-0.1, -0.05) is 24.3 Å². The standard InChI is InChI=1S/C19H20N4O2S/c1-12-11-26-18-17(12)20-15(21-19(18)25)9-22(2)10-16(24)23-7-13-5-3-4-6-14(13)8-23/h3-6,11H,7-10H2,1-2H3,(H,20,21,25). The molecule has 1 aromatic carbocycles. The molecule has 0 atom stereocenters. The van der Waals surface area contributed by atoms with Crippen LogP contribution in [0.15, 0.2) is 34.4 Å². The molecule has 0 fully saturated rings. The summed E-state index contributed by atoms with van der Waals surface area (Å²) in [6.07, 6.45) is 0. The molecule has 0 saturated heterocycles. The molecule has 3 heterocycles. The highest BCUT2D eigenvalue weighted by Crippen LogP contribution is 2.22. The number of carbonyl (C=O) groups excluding carboxylic acids is 1. The largest absolute Gasteiger partial charge is 0.333 e. The molecule has 2 aromatic heterocycles. The molecule has 1 amide bonds. The Bertz CT molecular complexity index is 1010. The molecule has 6 nitrogen and oxygen atoms in total. The van der Waals surface area contributed by atoms with E-state index < -0.39 is 0 Å². The van der Waals surface area contributed by atoms with Crippen LogP contribution in [0.5, 0.6) is 0 Å². The number of nitrogens with zero attached hydrogens (tertiary/aromatic N) is 3. The van der Waals surface area contributed by atoms with Crippen molar-refractivity contribution in [2.75, 3.05) is 13.6 Å². The fourth-order valence-electron chi connectivity index (χ4n) is 3.32. The number of aryl methyl sites for hydroxylation is 1. The predicted octanol–water partition coefficient (Wildman–Crippen LogP) is 2.27. The number of aromatic amines is 1. The number of H-pyrrole nitrogens is 1. The highest BCUT2D eigenvalue weighted by Gasteiger charge is 2.23. The second-order valence-corrected chi connectivity index (χ2v) is 7.68. The van der Waals surface area contributed by atoms with Crippen molar-refractivity contribution in [1.82, 2.24) is 19.8 Å². The van der Waals surface area contributed by atoms with Crippen LogP contribution in [0.25, 0.3) is 10.2 Å². The molecule has 134 valence electrons. The molecule has 7 heteroatoms. The summed E-state index contributed by atoms with van der Waals surface area (Å²) in [7, 11) is 1.87. The van der Waals surface area contributed by atoms with Crippen molar-refractivity contribution >= 4 is 27.5 Å². The third-order valence-electron chi connectivity index (χ3n) is 4.67. The van der Waals surface area contributed by atoms with Crippen LogP contribution in [0.3, 0.4) is 0 Å². The number of amides is 1. The maximum Gasteiger partial charge on any atom is 0.268 e. The summed E-state index contributed by atoms with van der Waals surface area (Å²) >= 11 is 1.41. The van der Waals surface area contributed by atoms with Gasteiger partial charge in [0.2, 0.25) is 5.91 Å². The first kappa shape index (κ1) is 16.9. The van der Waals surface area contributed by atoms with Crippen molar-refractivity contribution in [1.29, 1.82) is 0 Å². The minimum Gasteiger partial charge on any atom is -0.333 e. The van der Waals surface area contributed by atoms with E-state index in [4.69, 9.17) is 0 Å². The van der Waals surface area contributed by atoms with Crippen molar-refractivity contribution < 1.29 is 4.79 Å². The molecular weight excluding hydrogens is 348 g/mol. The Morgan fingerprint density at radius 2 is 2.00 bits per heavy atom. The molecule has 1 aliphatic heterocycles. The molecule has 0 spiro atoms.